The van der Waals surface area contributed by atoms with Crippen molar-refractivity contribution in [2.24, 2.45) is 10.9 Å². The van der Waals surface area contributed by atoms with Crippen molar-refractivity contribution in [1.29, 1.82) is 0 Å². The van der Waals surface area contributed by atoms with Gasteiger partial charge in [-0.2, -0.15) is 0 Å². The minimum atomic E-state index is -0.673. The lowest BCUT2D eigenvalue weighted by atomic mass is 10.0. The number of aliphatic imine (C=N–C) groups is 1. The van der Waals surface area contributed by atoms with E-state index < -0.39 is 6.04 Å². The maximum atomic E-state index is 12.6. The molecule has 0 radical (unpaired) electrons. The Balaban J connectivity index is 2.13. The molecule has 0 bridgehead atoms. The molecule has 1 aromatic carbocycles. The molecule has 8 heteroatoms. The van der Waals surface area contributed by atoms with Gasteiger partial charge in [-0.1, -0.05) is 25.6 Å². The number of benzene rings is 1. The van der Waals surface area contributed by atoms with Crippen LogP contribution in [0, 0.1) is 5.92 Å². The van der Waals surface area contributed by atoms with Crippen LogP contribution in [0.25, 0.3) is 0 Å². The smallest absolute Gasteiger partial charge is 0.252 e. The van der Waals surface area contributed by atoms with Crippen molar-refractivity contribution in [3.8, 4) is 11.5 Å². The molecule has 1 aliphatic heterocycles. The van der Waals surface area contributed by atoms with Gasteiger partial charge in [0.1, 0.15) is 17.5 Å². The highest BCUT2D eigenvalue weighted by molar-refractivity contribution is 8.14. The van der Waals surface area contributed by atoms with Crippen LogP contribution in [0.3, 0.4) is 0 Å². The predicted molar refractivity (Wildman–Crippen MR) is 98.5 cm³/mol. The van der Waals surface area contributed by atoms with E-state index in [1.807, 2.05) is 13.8 Å². The zero-order valence-electron chi connectivity index (χ0n) is 14.8. The quantitative estimate of drug-likeness (QED) is 0.801. The van der Waals surface area contributed by atoms with Gasteiger partial charge in [0.25, 0.3) is 5.91 Å². The second-order valence-corrected chi connectivity index (χ2v) is 6.90. The fourth-order valence-electron chi connectivity index (χ4n) is 2.29. The molecule has 2 rings (SSSR count). The van der Waals surface area contributed by atoms with E-state index in [-0.39, 0.29) is 17.7 Å². The molecular formula is C17H23N3O4S. The van der Waals surface area contributed by atoms with Gasteiger partial charge < -0.3 is 20.1 Å². The number of carbonyl (C=O) groups excluding carboxylic acids is 2. The maximum Gasteiger partial charge on any atom is 0.252 e. The summed E-state index contributed by atoms with van der Waals surface area (Å²) in [5.41, 5.74) is 0.363. The van der Waals surface area contributed by atoms with Crippen LogP contribution in [0.5, 0.6) is 11.5 Å². The van der Waals surface area contributed by atoms with Crippen LogP contribution in [0.15, 0.2) is 23.2 Å². The average molecular weight is 365 g/mol. The van der Waals surface area contributed by atoms with Crippen LogP contribution in [0.1, 0.15) is 24.2 Å². The van der Waals surface area contributed by atoms with E-state index in [9.17, 15) is 9.59 Å². The first kappa shape index (κ1) is 19.1. The SMILES string of the molecule is COc1cc(OC)cc(C(=O)NC(C(=O)NC2=NCCS2)C(C)C)c1. The number of hydrogen-bond donors (Lipinski definition) is 2. The van der Waals surface area contributed by atoms with E-state index in [4.69, 9.17) is 9.47 Å². The summed E-state index contributed by atoms with van der Waals surface area (Å²) in [6.45, 7) is 4.45. The van der Waals surface area contributed by atoms with Gasteiger partial charge in [-0.25, -0.2) is 0 Å². The Bertz CT molecular complexity index is 654. The topological polar surface area (TPSA) is 89.0 Å². The number of nitrogens with zero attached hydrogens (tertiary/aromatic N) is 1. The summed E-state index contributed by atoms with van der Waals surface area (Å²) in [5.74, 6) is 1.15. The molecule has 1 aromatic rings. The molecule has 0 spiro atoms. The summed E-state index contributed by atoms with van der Waals surface area (Å²) in [6.07, 6.45) is 0. The summed E-state index contributed by atoms with van der Waals surface area (Å²) in [4.78, 5) is 29.3. The van der Waals surface area contributed by atoms with Gasteiger partial charge in [-0.15, -0.1) is 0 Å². The zero-order chi connectivity index (χ0) is 18.4. The van der Waals surface area contributed by atoms with E-state index >= 15 is 0 Å². The summed E-state index contributed by atoms with van der Waals surface area (Å²) < 4.78 is 10.4. The molecule has 2 N–H and O–H groups in total. The lowest BCUT2D eigenvalue weighted by Gasteiger charge is -2.21. The third-order valence-corrected chi connectivity index (χ3v) is 4.56. The Hall–Kier alpha value is -2.22. The zero-order valence-corrected chi connectivity index (χ0v) is 15.6. The lowest BCUT2D eigenvalue weighted by Crippen LogP contribution is -2.50. The van der Waals surface area contributed by atoms with Crippen LogP contribution in [-0.2, 0) is 4.79 Å². The van der Waals surface area contributed by atoms with Crippen molar-refractivity contribution >= 4 is 28.7 Å². The number of ether oxygens (including phenoxy) is 2. The predicted octanol–water partition coefficient (Wildman–Crippen LogP) is 1.68. The van der Waals surface area contributed by atoms with Crippen LogP contribution in [0.2, 0.25) is 0 Å². The highest BCUT2D eigenvalue weighted by Gasteiger charge is 2.26. The normalized spacial score (nSPS) is 14.7. The first-order valence-corrected chi connectivity index (χ1v) is 8.95. The van der Waals surface area contributed by atoms with Crippen LogP contribution < -0.4 is 20.1 Å². The van der Waals surface area contributed by atoms with Crippen LogP contribution in [0.4, 0.5) is 0 Å². The maximum absolute atomic E-state index is 12.6. The summed E-state index contributed by atoms with van der Waals surface area (Å²) >= 11 is 1.50. The Kier molecular flexibility index (Phi) is 6.69. The standard InChI is InChI=1S/C17H23N3O4S/c1-10(2)14(16(22)20-17-18-5-6-25-17)19-15(21)11-7-12(23-3)9-13(8-11)24-4/h7-10,14H,5-6H2,1-4H3,(H,19,21)(H,18,20,22). The molecule has 1 atom stereocenters. The van der Waals surface area contributed by atoms with E-state index in [1.165, 1.54) is 26.0 Å². The highest BCUT2D eigenvalue weighted by atomic mass is 32.2. The molecule has 7 nitrogen and oxygen atoms in total. The third kappa shape index (κ3) is 5.12. The van der Waals surface area contributed by atoms with Gasteiger partial charge in [-0.05, 0) is 18.1 Å². The second-order valence-electron chi connectivity index (χ2n) is 5.82. The number of thioether (sulfide) groups is 1. The molecule has 0 saturated carbocycles. The Morgan fingerprint density at radius 3 is 2.28 bits per heavy atom. The molecule has 1 aliphatic rings. The summed E-state index contributed by atoms with van der Waals surface area (Å²) in [6, 6.07) is 4.21. The average Bonchev–Trinajstić information content (AvgIpc) is 3.11. The number of hydrogen-bond acceptors (Lipinski definition) is 6. The number of methoxy groups -OCH3 is 2. The van der Waals surface area contributed by atoms with Crippen molar-refractivity contribution in [1.82, 2.24) is 10.6 Å². The second kappa shape index (κ2) is 8.75. The fourth-order valence-corrected chi connectivity index (χ4v) is 3.02. The van der Waals surface area contributed by atoms with Gasteiger partial charge in [0.05, 0.1) is 20.8 Å². The van der Waals surface area contributed by atoms with Crippen molar-refractivity contribution < 1.29 is 19.1 Å². The molecule has 0 fully saturated rings. The van der Waals surface area contributed by atoms with Gasteiger partial charge in [-0.3, -0.25) is 14.6 Å². The number of carbonyl (C=O) groups is 2. The van der Waals surface area contributed by atoms with E-state index in [0.29, 0.717) is 28.8 Å². The molecule has 1 heterocycles. The molecule has 1 unspecified atom stereocenters. The Labute approximate surface area is 151 Å². The van der Waals surface area contributed by atoms with Gasteiger partial charge in [0.15, 0.2) is 5.17 Å². The first-order chi connectivity index (χ1) is 11.9. The minimum absolute atomic E-state index is 0.0801. The molecule has 0 saturated heterocycles. The van der Waals surface area contributed by atoms with Gasteiger partial charge in [0.2, 0.25) is 5.91 Å². The third-order valence-electron chi connectivity index (χ3n) is 3.66. The number of nitrogens with one attached hydrogen (secondary N) is 2. The largest absolute Gasteiger partial charge is 0.497 e. The fraction of sp³-hybridized carbons (Fsp3) is 0.471. The molecule has 0 aromatic heterocycles. The Morgan fingerprint density at radius 2 is 1.80 bits per heavy atom. The van der Waals surface area contributed by atoms with Crippen molar-refractivity contribution in [2.75, 3.05) is 26.5 Å². The number of amidine groups is 1. The van der Waals surface area contributed by atoms with E-state index in [1.54, 1.807) is 18.2 Å². The number of rotatable bonds is 6. The van der Waals surface area contributed by atoms with Crippen molar-refractivity contribution in [2.45, 2.75) is 19.9 Å². The lowest BCUT2D eigenvalue weighted by molar-refractivity contribution is -0.122. The molecule has 2 amide bonds. The highest BCUT2D eigenvalue weighted by Crippen LogP contribution is 2.22. The van der Waals surface area contributed by atoms with Crippen molar-refractivity contribution in [3.63, 3.8) is 0 Å². The van der Waals surface area contributed by atoms with Gasteiger partial charge in [0, 0.05) is 17.4 Å². The summed E-state index contributed by atoms with van der Waals surface area (Å²) in [5, 5.41) is 6.16. The number of amides is 2. The Morgan fingerprint density at radius 1 is 1.16 bits per heavy atom. The van der Waals surface area contributed by atoms with Crippen LogP contribution in [-0.4, -0.2) is 49.5 Å². The first-order valence-electron chi connectivity index (χ1n) is 7.96. The monoisotopic (exact) mass is 365 g/mol. The van der Waals surface area contributed by atoms with Gasteiger partial charge >= 0.3 is 0 Å². The van der Waals surface area contributed by atoms with E-state index in [2.05, 4.69) is 15.6 Å². The molecule has 136 valence electrons. The minimum Gasteiger partial charge on any atom is -0.497 e. The van der Waals surface area contributed by atoms with Crippen molar-refractivity contribution in [3.05, 3.63) is 23.8 Å². The van der Waals surface area contributed by atoms with E-state index in [0.717, 1.165) is 5.75 Å². The molecular weight excluding hydrogens is 342 g/mol. The summed E-state index contributed by atoms with van der Waals surface area (Å²) in [7, 11) is 3.03. The van der Waals surface area contributed by atoms with Crippen LogP contribution >= 0.6 is 11.8 Å². The molecule has 0 aliphatic carbocycles. The molecule has 25 heavy (non-hydrogen) atoms.